The molecule has 7 nitrogen and oxygen atoms in total. The number of nitrogens with one attached hydrogen (secondary N) is 1. The first-order chi connectivity index (χ1) is 12.2. The topological polar surface area (TPSA) is 84.2 Å². The van der Waals surface area contributed by atoms with E-state index in [1.54, 1.807) is 11.1 Å². The highest BCUT2D eigenvalue weighted by molar-refractivity contribution is 5.74. The van der Waals surface area contributed by atoms with E-state index in [0.717, 1.165) is 43.5 Å². The molecule has 0 aromatic carbocycles. The Morgan fingerprint density at radius 1 is 1.48 bits per heavy atom. The first-order valence-electron chi connectivity index (χ1n) is 8.92. The minimum absolute atomic E-state index is 0.00152. The molecular weight excluding hydrogens is 318 g/mol. The standard InChI is InChI=1S/C18H25N5O2/c1-3-4-7-15(14-6-5-10-19-11-14)23(2)18(24)20-12-16-21-17(22-25-16)13-8-9-13/h5-6,10-11,13,15H,3-4,7-9,12H2,1-2H3,(H,20,24)/t15-/m0/s1. The van der Waals surface area contributed by atoms with Crippen LogP contribution >= 0.6 is 0 Å². The van der Waals surface area contributed by atoms with Crippen molar-refractivity contribution in [2.75, 3.05) is 7.05 Å². The highest BCUT2D eigenvalue weighted by atomic mass is 16.5. The Kier molecular flexibility index (Phi) is 5.63. The van der Waals surface area contributed by atoms with Crippen LogP contribution in [0.3, 0.4) is 0 Å². The third kappa shape index (κ3) is 4.55. The summed E-state index contributed by atoms with van der Waals surface area (Å²) in [6, 6.07) is 3.75. The van der Waals surface area contributed by atoms with Crippen LogP contribution in [0.15, 0.2) is 29.0 Å². The molecular formula is C18H25N5O2. The van der Waals surface area contributed by atoms with Gasteiger partial charge in [0, 0.05) is 25.4 Å². The SMILES string of the molecule is CCCC[C@@H](c1cccnc1)N(C)C(=O)NCc1nc(C2CC2)no1. The Morgan fingerprint density at radius 2 is 2.32 bits per heavy atom. The number of carbonyl (C=O) groups excluding carboxylic acids is 1. The number of unbranched alkanes of at least 4 members (excludes halogenated alkanes) is 1. The minimum Gasteiger partial charge on any atom is -0.337 e. The van der Waals surface area contributed by atoms with Crippen molar-refractivity contribution >= 4 is 6.03 Å². The zero-order chi connectivity index (χ0) is 17.6. The van der Waals surface area contributed by atoms with Gasteiger partial charge in [-0.2, -0.15) is 4.98 Å². The van der Waals surface area contributed by atoms with Crippen LogP contribution in [0.1, 0.15) is 68.3 Å². The van der Waals surface area contributed by atoms with E-state index in [1.165, 1.54) is 0 Å². The Labute approximate surface area is 147 Å². The van der Waals surface area contributed by atoms with Crippen molar-refractivity contribution in [1.82, 2.24) is 25.3 Å². The molecule has 0 aliphatic heterocycles. The molecule has 0 bridgehead atoms. The Balaban J connectivity index is 1.59. The maximum atomic E-state index is 12.6. The van der Waals surface area contributed by atoms with E-state index in [-0.39, 0.29) is 18.6 Å². The molecule has 1 fully saturated rings. The monoisotopic (exact) mass is 343 g/mol. The number of aromatic nitrogens is 3. The van der Waals surface area contributed by atoms with Gasteiger partial charge in [0.1, 0.15) is 0 Å². The van der Waals surface area contributed by atoms with Gasteiger partial charge in [-0.25, -0.2) is 4.79 Å². The molecule has 0 unspecified atom stereocenters. The summed E-state index contributed by atoms with van der Waals surface area (Å²) in [6.45, 7) is 2.39. The van der Waals surface area contributed by atoms with Crippen LogP contribution in [0.5, 0.6) is 0 Å². The lowest BCUT2D eigenvalue weighted by Crippen LogP contribution is -2.39. The lowest BCUT2D eigenvalue weighted by Gasteiger charge is -2.28. The number of nitrogens with zero attached hydrogens (tertiary/aromatic N) is 4. The maximum Gasteiger partial charge on any atom is 0.318 e. The van der Waals surface area contributed by atoms with E-state index in [9.17, 15) is 4.79 Å². The summed E-state index contributed by atoms with van der Waals surface area (Å²) in [7, 11) is 1.81. The quantitative estimate of drug-likeness (QED) is 0.794. The third-order valence-corrected chi connectivity index (χ3v) is 4.51. The number of pyridine rings is 1. The van der Waals surface area contributed by atoms with Gasteiger partial charge in [0.05, 0.1) is 12.6 Å². The van der Waals surface area contributed by atoms with Gasteiger partial charge in [0.15, 0.2) is 5.82 Å². The highest BCUT2D eigenvalue weighted by Crippen LogP contribution is 2.38. The lowest BCUT2D eigenvalue weighted by atomic mass is 10.0. The van der Waals surface area contributed by atoms with Gasteiger partial charge in [-0.15, -0.1) is 0 Å². The van der Waals surface area contributed by atoms with Crippen LogP contribution in [-0.2, 0) is 6.54 Å². The largest absolute Gasteiger partial charge is 0.337 e. The predicted molar refractivity (Wildman–Crippen MR) is 92.8 cm³/mol. The molecule has 1 saturated carbocycles. The summed E-state index contributed by atoms with van der Waals surface area (Å²) in [5.74, 6) is 1.66. The summed E-state index contributed by atoms with van der Waals surface area (Å²) in [5.41, 5.74) is 1.04. The molecule has 25 heavy (non-hydrogen) atoms. The molecule has 0 saturated heterocycles. The van der Waals surface area contributed by atoms with Crippen LogP contribution in [0.2, 0.25) is 0 Å². The van der Waals surface area contributed by atoms with Gasteiger partial charge in [-0.3, -0.25) is 4.98 Å². The molecule has 1 aliphatic carbocycles. The molecule has 134 valence electrons. The first kappa shape index (κ1) is 17.4. The molecule has 2 aromatic heterocycles. The summed E-state index contributed by atoms with van der Waals surface area (Å²) in [5, 5.41) is 6.83. The van der Waals surface area contributed by atoms with Crippen molar-refractivity contribution in [3.63, 3.8) is 0 Å². The van der Waals surface area contributed by atoms with Crippen molar-refractivity contribution in [1.29, 1.82) is 0 Å². The smallest absolute Gasteiger partial charge is 0.318 e. The Bertz CT molecular complexity index is 684. The van der Waals surface area contributed by atoms with E-state index in [0.29, 0.717) is 11.8 Å². The minimum atomic E-state index is -0.156. The van der Waals surface area contributed by atoms with Crippen LogP contribution < -0.4 is 5.32 Å². The molecule has 1 N–H and O–H groups in total. The molecule has 1 atom stereocenters. The summed E-state index contributed by atoms with van der Waals surface area (Å²) in [4.78, 5) is 22.8. The number of rotatable bonds is 8. The second-order valence-electron chi connectivity index (χ2n) is 6.53. The number of amides is 2. The van der Waals surface area contributed by atoms with Crippen LogP contribution in [0, 0.1) is 0 Å². The molecule has 1 aliphatic rings. The van der Waals surface area contributed by atoms with E-state index in [1.807, 2.05) is 25.4 Å². The van der Waals surface area contributed by atoms with Crippen molar-refractivity contribution in [2.24, 2.45) is 0 Å². The summed E-state index contributed by atoms with van der Waals surface area (Å²) >= 11 is 0. The van der Waals surface area contributed by atoms with E-state index in [2.05, 4.69) is 27.4 Å². The van der Waals surface area contributed by atoms with Gasteiger partial charge in [-0.1, -0.05) is 31.0 Å². The van der Waals surface area contributed by atoms with Gasteiger partial charge in [0.2, 0.25) is 5.89 Å². The van der Waals surface area contributed by atoms with Crippen LogP contribution in [0.25, 0.3) is 0 Å². The van der Waals surface area contributed by atoms with Crippen LogP contribution in [-0.4, -0.2) is 33.1 Å². The fourth-order valence-corrected chi connectivity index (χ4v) is 2.82. The van der Waals surface area contributed by atoms with E-state index in [4.69, 9.17) is 4.52 Å². The molecule has 2 aromatic rings. The first-order valence-corrected chi connectivity index (χ1v) is 8.92. The van der Waals surface area contributed by atoms with Gasteiger partial charge >= 0.3 is 6.03 Å². The van der Waals surface area contributed by atoms with E-state index >= 15 is 0 Å². The van der Waals surface area contributed by atoms with Crippen molar-refractivity contribution in [2.45, 2.75) is 57.5 Å². The third-order valence-electron chi connectivity index (χ3n) is 4.51. The zero-order valence-corrected chi connectivity index (χ0v) is 14.8. The van der Waals surface area contributed by atoms with Crippen molar-refractivity contribution < 1.29 is 9.32 Å². The van der Waals surface area contributed by atoms with Crippen molar-refractivity contribution in [3.05, 3.63) is 41.8 Å². The second kappa shape index (κ2) is 8.09. The Morgan fingerprint density at radius 3 is 3.00 bits per heavy atom. The van der Waals surface area contributed by atoms with Crippen LogP contribution in [0.4, 0.5) is 4.79 Å². The number of hydrogen-bond acceptors (Lipinski definition) is 5. The molecule has 7 heteroatoms. The maximum absolute atomic E-state index is 12.6. The normalized spacial score (nSPS) is 15.0. The fourth-order valence-electron chi connectivity index (χ4n) is 2.82. The highest BCUT2D eigenvalue weighted by Gasteiger charge is 2.29. The molecule has 3 rings (SSSR count). The fraction of sp³-hybridized carbons (Fsp3) is 0.556. The lowest BCUT2D eigenvalue weighted by molar-refractivity contribution is 0.184. The number of hydrogen-bond donors (Lipinski definition) is 1. The van der Waals surface area contributed by atoms with E-state index < -0.39 is 0 Å². The molecule has 0 spiro atoms. The molecule has 0 radical (unpaired) electrons. The molecule has 2 heterocycles. The van der Waals surface area contributed by atoms with Gasteiger partial charge < -0.3 is 14.7 Å². The second-order valence-corrected chi connectivity index (χ2v) is 6.53. The zero-order valence-electron chi connectivity index (χ0n) is 14.8. The number of urea groups is 1. The predicted octanol–water partition coefficient (Wildman–Crippen LogP) is 3.41. The average molecular weight is 343 g/mol. The average Bonchev–Trinajstić information content (AvgIpc) is 3.39. The van der Waals surface area contributed by atoms with Crippen molar-refractivity contribution in [3.8, 4) is 0 Å². The number of carbonyl (C=O) groups is 1. The summed E-state index contributed by atoms with van der Waals surface area (Å²) < 4.78 is 5.20. The van der Waals surface area contributed by atoms with Gasteiger partial charge in [-0.05, 0) is 30.9 Å². The Hall–Kier alpha value is -2.44. The summed E-state index contributed by atoms with van der Waals surface area (Å²) in [6.07, 6.45) is 8.84. The van der Waals surface area contributed by atoms with Gasteiger partial charge in [0.25, 0.3) is 0 Å². The molecule has 2 amide bonds.